The van der Waals surface area contributed by atoms with E-state index in [1.165, 1.54) is 29.1 Å². The predicted molar refractivity (Wildman–Crippen MR) is 120 cm³/mol. The van der Waals surface area contributed by atoms with Crippen LogP contribution in [0.3, 0.4) is 0 Å². The number of fused-ring (bicyclic) bond motifs is 1. The smallest absolute Gasteiger partial charge is 0.312 e. The van der Waals surface area contributed by atoms with Gasteiger partial charge in [-0.2, -0.15) is 9.78 Å². The summed E-state index contributed by atoms with van der Waals surface area (Å²) in [5, 5.41) is 16.0. The van der Waals surface area contributed by atoms with Gasteiger partial charge in [-0.1, -0.05) is 29.8 Å². The van der Waals surface area contributed by atoms with Gasteiger partial charge in [0.05, 0.1) is 22.0 Å². The molecule has 0 spiro atoms. The molecule has 0 radical (unpaired) electrons. The minimum Gasteiger partial charge on any atom is -0.419 e. The molecular weight excluding hydrogens is 468 g/mol. The standard InChI is InChI=1S/C21H19BrN4O5/c1-4-12(2)20-24-17-7-6-15(22)10-16(17)21(28)25(20)23-11-14-5-8-19(31-13(3)27)18(9-14)26(29)30/h5-12H,4H2,1-3H3/t12-/m0/s1. The number of carbonyl (C=O) groups excluding carboxylic acids is 1. The molecule has 0 bridgehead atoms. The Labute approximate surface area is 185 Å². The average Bonchev–Trinajstić information content (AvgIpc) is 2.73. The summed E-state index contributed by atoms with van der Waals surface area (Å²) < 4.78 is 6.83. The largest absolute Gasteiger partial charge is 0.419 e. The Morgan fingerprint density at radius 2 is 2.10 bits per heavy atom. The molecule has 0 amide bonds. The summed E-state index contributed by atoms with van der Waals surface area (Å²) in [5.41, 5.74) is 0.202. The van der Waals surface area contributed by atoms with Gasteiger partial charge in [-0.15, -0.1) is 0 Å². The maximum atomic E-state index is 13.1. The molecule has 0 fully saturated rings. The summed E-state index contributed by atoms with van der Waals surface area (Å²) >= 11 is 3.36. The molecule has 0 aliphatic rings. The highest BCUT2D eigenvalue weighted by Gasteiger charge is 2.18. The first-order chi connectivity index (χ1) is 14.7. The van der Waals surface area contributed by atoms with Gasteiger partial charge in [0.1, 0.15) is 5.82 Å². The Hall–Kier alpha value is -3.40. The molecule has 9 nitrogen and oxygen atoms in total. The number of nitrogens with zero attached hydrogens (tertiary/aromatic N) is 4. The normalized spacial score (nSPS) is 12.3. The number of hydrogen-bond donors (Lipinski definition) is 0. The van der Waals surface area contributed by atoms with Crippen molar-refractivity contribution < 1.29 is 14.5 Å². The number of ether oxygens (including phenoxy) is 1. The molecule has 0 aliphatic heterocycles. The second-order valence-corrected chi connectivity index (χ2v) is 7.80. The van der Waals surface area contributed by atoms with E-state index in [2.05, 4.69) is 26.0 Å². The van der Waals surface area contributed by atoms with Crippen molar-refractivity contribution in [1.82, 2.24) is 9.66 Å². The molecule has 3 rings (SSSR count). The minimum absolute atomic E-state index is 0.0430. The quantitative estimate of drug-likeness (QED) is 0.167. The lowest BCUT2D eigenvalue weighted by Crippen LogP contribution is -2.23. The van der Waals surface area contributed by atoms with Gasteiger partial charge < -0.3 is 4.74 Å². The maximum Gasteiger partial charge on any atom is 0.312 e. The number of esters is 1. The van der Waals surface area contributed by atoms with Crippen molar-refractivity contribution in [3.63, 3.8) is 0 Å². The van der Waals surface area contributed by atoms with E-state index < -0.39 is 10.9 Å². The first kappa shape index (κ1) is 22.3. The second kappa shape index (κ2) is 9.17. The van der Waals surface area contributed by atoms with Crippen LogP contribution in [0, 0.1) is 10.1 Å². The molecule has 0 saturated heterocycles. The molecule has 1 atom stereocenters. The Bertz CT molecular complexity index is 1270. The highest BCUT2D eigenvalue weighted by atomic mass is 79.9. The van der Waals surface area contributed by atoms with Gasteiger partial charge in [-0.3, -0.25) is 19.7 Å². The fourth-order valence-electron chi connectivity index (χ4n) is 2.90. The van der Waals surface area contributed by atoms with E-state index in [1.807, 2.05) is 19.9 Å². The van der Waals surface area contributed by atoms with E-state index in [0.29, 0.717) is 22.3 Å². The average molecular weight is 487 g/mol. The SMILES string of the molecule is CC[C@H](C)c1nc2ccc(Br)cc2c(=O)n1N=Cc1ccc(OC(C)=O)c([N+](=O)[O-])c1. The lowest BCUT2D eigenvalue weighted by molar-refractivity contribution is -0.385. The number of benzene rings is 2. The molecule has 0 aliphatic carbocycles. The zero-order valence-electron chi connectivity index (χ0n) is 17.0. The fourth-order valence-corrected chi connectivity index (χ4v) is 3.26. The van der Waals surface area contributed by atoms with Gasteiger partial charge in [0, 0.05) is 28.9 Å². The van der Waals surface area contributed by atoms with Crippen molar-refractivity contribution >= 4 is 44.7 Å². The third kappa shape index (κ3) is 4.85. The number of nitro benzene ring substituents is 1. The molecule has 0 saturated carbocycles. The van der Waals surface area contributed by atoms with Crippen molar-refractivity contribution in [3.8, 4) is 5.75 Å². The highest BCUT2D eigenvalue weighted by Crippen LogP contribution is 2.28. The molecule has 1 aromatic heterocycles. The number of hydrogen-bond acceptors (Lipinski definition) is 7. The summed E-state index contributed by atoms with van der Waals surface area (Å²) in [6.45, 7) is 5.08. The molecule has 31 heavy (non-hydrogen) atoms. The zero-order chi connectivity index (χ0) is 22.7. The molecular formula is C21H19BrN4O5. The van der Waals surface area contributed by atoms with Crippen LogP contribution in [0.25, 0.3) is 10.9 Å². The van der Waals surface area contributed by atoms with Crippen LogP contribution in [0.1, 0.15) is 44.5 Å². The van der Waals surface area contributed by atoms with Crippen molar-refractivity contribution in [2.75, 3.05) is 0 Å². The summed E-state index contributed by atoms with van der Waals surface area (Å²) in [4.78, 5) is 39.6. The maximum absolute atomic E-state index is 13.1. The van der Waals surface area contributed by atoms with Gasteiger partial charge in [-0.05, 0) is 36.8 Å². The zero-order valence-corrected chi connectivity index (χ0v) is 18.6. The van der Waals surface area contributed by atoms with Gasteiger partial charge in [0.15, 0.2) is 0 Å². The Morgan fingerprint density at radius 1 is 1.35 bits per heavy atom. The van der Waals surface area contributed by atoms with Crippen molar-refractivity contribution in [1.29, 1.82) is 0 Å². The van der Waals surface area contributed by atoms with Gasteiger partial charge in [-0.25, -0.2) is 4.98 Å². The van der Waals surface area contributed by atoms with E-state index in [-0.39, 0.29) is 22.9 Å². The van der Waals surface area contributed by atoms with Gasteiger partial charge in [0.25, 0.3) is 5.56 Å². The van der Waals surface area contributed by atoms with Crippen molar-refractivity contribution in [2.45, 2.75) is 33.1 Å². The minimum atomic E-state index is -0.664. The van der Waals surface area contributed by atoms with Gasteiger partial charge in [0.2, 0.25) is 5.75 Å². The molecule has 10 heteroatoms. The van der Waals surface area contributed by atoms with Crippen LogP contribution in [-0.4, -0.2) is 26.8 Å². The first-order valence-corrected chi connectivity index (χ1v) is 10.2. The van der Waals surface area contributed by atoms with Crippen LogP contribution in [0.15, 0.2) is 50.8 Å². The van der Waals surface area contributed by atoms with E-state index in [0.717, 1.165) is 17.8 Å². The monoisotopic (exact) mass is 486 g/mol. The molecule has 160 valence electrons. The topological polar surface area (TPSA) is 117 Å². The number of aromatic nitrogens is 2. The third-order valence-electron chi connectivity index (χ3n) is 4.64. The second-order valence-electron chi connectivity index (χ2n) is 6.88. The van der Waals surface area contributed by atoms with E-state index in [9.17, 15) is 19.7 Å². The van der Waals surface area contributed by atoms with Crippen LogP contribution in [0.2, 0.25) is 0 Å². The number of rotatable bonds is 6. The first-order valence-electron chi connectivity index (χ1n) is 9.44. The van der Waals surface area contributed by atoms with Crippen molar-refractivity contribution in [2.24, 2.45) is 5.10 Å². The van der Waals surface area contributed by atoms with Crippen LogP contribution >= 0.6 is 15.9 Å². The molecule has 3 aromatic rings. The summed E-state index contributed by atoms with van der Waals surface area (Å²) in [7, 11) is 0. The Morgan fingerprint density at radius 3 is 2.74 bits per heavy atom. The van der Waals surface area contributed by atoms with Crippen LogP contribution < -0.4 is 10.3 Å². The summed E-state index contributed by atoms with van der Waals surface area (Å²) in [6, 6.07) is 9.30. The summed E-state index contributed by atoms with van der Waals surface area (Å²) in [6.07, 6.45) is 2.08. The molecule has 0 N–H and O–H groups in total. The van der Waals surface area contributed by atoms with E-state index in [4.69, 9.17) is 4.74 Å². The number of carbonyl (C=O) groups is 1. The van der Waals surface area contributed by atoms with Crippen LogP contribution in [0.4, 0.5) is 5.69 Å². The van der Waals surface area contributed by atoms with Crippen LogP contribution in [0.5, 0.6) is 5.75 Å². The Balaban J connectivity index is 2.13. The lowest BCUT2D eigenvalue weighted by Gasteiger charge is -2.14. The molecule has 1 heterocycles. The predicted octanol–water partition coefficient (Wildman–Crippen LogP) is 4.39. The van der Waals surface area contributed by atoms with Gasteiger partial charge >= 0.3 is 11.7 Å². The Kier molecular flexibility index (Phi) is 6.59. The third-order valence-corrected chi connectivity index (χ3v) is 5.14. The molecule has 0 unspecified atom stereocenters. The van der Waals surface area contributed by atoms with Crippen molar-refractivity contribution in [3.05, 3.63) is 72.7 Å². The molecule has 2 aromatic carbocycles. The van der Waals surface area contributed by atoms with E-state index >= 15 is 0 Å². The van der Waals surface area contributed by atoms with Crippen LogP contribution in [-0.2, 0) is 4.79 Å². The lowest BCUT2D eigenvalue weighted by atomic mass is 10.1. The number of nitro groups is 1. The fraction of sp³-hybridized carbons (Fsp3) is 0.238. The highest BCUT2D eigenvalue weighted by molar-refractivity contribution is 9.10. The summed E-state index contributed by atoms with van der Waals surface area (Å²) in [5.74, 6) is -0.379. The number of halogens is 1. The van der Waals surface area contributed by atoms with E-state index in [1.54, 1.807) is 12.1 Å².